The van der Waals surface area contributed by atoms with Crippen molar-refractivity contribution >= 4 is 61.7 Å². The minimum absolute atomic E-state index is 0.0586. The van der Waals surface area contributed by atoms with Gasteiger partial charge in [-0.25, -0.2) is 0 Å². The molecule has 0 bridgehead atoms. The van der Waals surface area contributed by atoms with Gasteiger partial charge in [0.2, 0.25) is 5.91 Å². The van der Waals surface area contributed by atoms with Crippen LogP contribution in [0.15, 0.2) is 33.8 Å². The number of thioether (sulfide) groups is 1. The van der Waals surface area contributed by atoms with Gasteiger partial charge in [-0.1, -0.05) is 21.9 Å². The first-order valence-electron chi connectivity index (χ1n) is 8.67. The molecule has 29 heavy (non-hydrogen) atoms. The summed E-state index contributed by atoms with van der Waals surface area (Å²) in [7, 11) is 1.57. The summed E-state index contributed by atoms with van der Waals surface area (Å²) in [6.07, 6.45) is 8.69. The van der Waals surface area contributed by atoms with Gasteiger partial charge in [0.1, 0.15) is 6.54 Å². The summed E-state index contributed by atoms with van der Waals surface area (Å²) in [6, 6.07) is 5.68. The minimum atomic E-state index is -0.411. The third-order valence-electron chi connectivity index (χ3n) is 4.23. The fourth-order valence-corrected chi connectivity index (χ4v) is 4.10. The SMILES string of the molecule is C#CCN1C(=O)S/C(=C\c2cn(CC(=O)NCCOC)c3ccc(Br)cc23)C1=O. The van der Waals surface area contributed by atoms with E-state index in [1.54, 1.807) is 23.9 Å². The molecule has 1 saturated heterocycles. The van der Waals surface area contributed by atoms with E-state index in [0.717, 1.165) is 37.6 Å². The summed E-state index contributed by atoms with van der Waals surface area (Å²) in [6.45, 7) is 0.921. The van der Waals surface area contributed by atoms with Crippen molar-refractivity contribution in [3.8, 4) is 12.3 Å². The van der Waals surface area contributed by atoms with Gasteiger partial charge in [0, 0.05) is 40.8 Å². The first kappa shape index (κ1) is 21.2. The number of ether oxygens (including phenoxy) is 1. The molecular weight excluding hydrogens is 458 g/mol. The average molecular weight is 476 g/mol. The van der Waals surface area contributed by atoms with E-state index in [9.17, 15) is 14.4 Å². The van der Waals surface area contributed by atoms with Crippen molar-refractivity contribution in [3.63, 3.8) is 0 Å². The number of amides is 3. The molecule has 0 radical (unpaired) electrons. The molecule has 1 aliphatic rings. The van der Waals surface area contributed by atoms with Crippen LogP contribution in [0.1, 0.15) is 5.56 Å². The molecule has 3 rings (SSSR count). The van der Waals surface area contributed by atoms with E-state index in [2.05, 4.69) is 27.2 Å². The smallest absolute Gasteiger partial charge is 0.294 e. The number of benzene rings is 1. The molecule has 1 aromatic heterocycles. The van der Waals surface area contributed by atoms with Crippen molar-refractivity contribution in [2.45, 2.75) is 6.54 Å². The third-order valence-corrected chi connectivity index (χ3v) is 5.63. The summed E-state index contributed by atoms with van der Waals surface area (Å²) in [5, 5.41) is 3.25. The van der Waals surface area contributed by atoms with E-state index in [-0.39, 0.29) is 24.2 Å². The number of hydrogen-bond donors (Lipinski definition) is 1. The maximum absolute atomic E-state index is 12.5. The van der Waals surface area contributed by atoms with Crippen molar-refractivity contribution in [2.75, 3.05) is 26.8 Å². The van der Waals surface area contributed by atoms with Crippen molar-refractivity contribution in [1.82, 2.24) is 14.8 Å². The molecule has 1 aromatic carbocycles. The van der Waals surface area contributed by atoms with Gasteiger partial charge in [0.25, 0.3) is 11.1 Å². The highest BCUT2D eigenvalue weighted by Crippen LogP contribution is 2.34. The molecule has 0 atom stereocenters. The van der Waals surface area contributed by atoms with Gasteiger partial charge in [-0.2, -0.15) is 0 Å². The first-order valence-corrected chi connectivity index (χ1v) is 10.3. The standard InChI is InChI=1S/C20H18BrN3O4S/c1-3-7-24-19(26)17(29-20(24)27)9-13-11-23(12-18(25)22-6-8-28-2)16-5-4-14(21)10-15(13)16/h1,4-5,9-11H,6-8,12H2,2H3,(H,22,25)/b17-9-. The lowest BCUT2D eigenvalue weighted by atomic mass is 10.1. The number of hydrogen-bond acceptors (Lipinski definition) is 5. The molecule has 0 unspecified atom stereocenters. The largest absolute Gasteiger partial charge is 0.383 e. The number of rotatable bonds is 7. The summed E-state index contributed by atoms with van der Waals surface area (Å²) >= 11 is 4.31. The number of imide groups is 1. The second kappa shape index (κ2) is 9.31. The molecule has 0 spiro atoms. The predicted octanol–water partition coefficient (Wildman–Crippen LogP) is 2.84. The van der Waals surface area contributed by atoms with Gasteiger partial charge < -0.3 is 14.6 Å². The Kier molecular flexibility index (Phi) is 6.79. The molecule has 0 aliphatic carbocycles. The van der Waals surface area contributed by atoms with Gasteiger partial charge in [-0.05, 0) is 36.0 Å². The number of terminal acetylenes is 1. The van der Waals surface area contributed by atoms with Crippen LogP contribution in [0.2, 0.25) is 0 Å². The highest BCUT2D eigenvalue weighted by Gasteiger charge is 2.34. The summed E-state index contributed by atoms with van der Waals surface area (Å²) < 4.78 is 7.61. The number of halogens is 1. The summed E-state index contributed by atoms with van der Waals surface area (Å²) in [4.78, 5) is 38.1. The molecule has 7 nitrogen and oxygen atoms in total. The molecule has 9 heteroatoms. The lowest BCUT2D eigenvalue weighted by Gasteiger charge is -2.07. The molecule has 0 saturated carbocycles. The van der Waals surface area contributed by atoms with Gasteiger partial charge in [0.05, 0.1) is 18.1 Å². The van der Waals surface area contributed by atoms with Crippen molar-refractivity contribution < 1.29 is 19.1 Å². The molecule has 1 fully saturated rings. The lowest BCUT2D eigenvalue weighted by Crippen LogP contribution is -2.30. The fraction of sp³-hybridized carbons (Fsp3) is 0.250. The highest BCUT2D eigenvalue weighted by molar-refractivity contribution is 9.10. The number of carbonyl (C=O) groups excluding carboxylic acids is 3. The normalized spacial score (nSPS) is 15.3. The van der Waals surface area contributed by atoms with Crippen LogP contribution in [0, 0.1) is 12.3 Å². The maximum Gasteiger partial charge on any atom is 0.294 e. The highest BCUT2D eigenvalue weighted by atomic mass is 79.9. The number of fused-ring (bicyclic) bond motifs is 1. The Hall–Kier alpha value is -2.54. The number of methoxy groups -OCH3 is 1. The van der Waals surface area contributed by atoms with E-state index < -0.39 is 5.91 Å². The van der Waals surface area contributed by atoms with E-state index in [1.165, 1.54) is 0 Å². The molecule has 1 N–H and O–H groups in total. The van der Waals surface area contributed by atoms with Crippen LogP contribution in [0.4, 0.5) is 4.79 Å². The van der Waals surface area contributed by atoms with Gasteiger partial charge >= 0.3 is 0 Å². The van der Waals surface area contributed by atoms with E-state index in [0.29, 0.717) is 18.1 Å². The fourth-order valence-electron chi connectivity index (χ4n) is 2.91. The Morgan fingerprint density at radius 1 is 1.41 bits per heavy atom. The van der Waals surface area contributed by atoms with E-state index in [1.807, 2.05) is 18.2 Å². The Bertz CT molecular complexity index is 1050. The molecule has 2 aromatic rings. The average Bonchev–Trinajstić information content (AvgIpc) is 3.14. The van der Waals surface area contributed by atoms with Crippen molar-refractivity contribution in [2.24, 2.45) is 0 Å². The molecule has 1 aliphatic heterocycles. The van der Waals surface area contributed by atoms with Crippen LogP contribution in [0.25, 0.3) is 17.0 Å². The topological polar surface area (TPSA) is 80.6 Å². The Balaban J connectivity index is 1.94. The molecule has 3 amide bonds. The van der Waals surface area contributed by atoms with Crippen LogP contribution >= 0.6 is 27.7 Å². The zero-order valence-electron chi connectivity index (χ0n) is 15.6. The quantitative estimate of drug-likeness (QED) is 0.378. The van der Waals surface area contributed by atoms with Crippen LogP contribution in [-0.2, 0) is 20.9 Å². The summed E-state index contributed by atoms with van der Waals surface area (Å²) in [5.74, 6) is 1.76. The van der Waals surface area contributed by atoms with Gasteiger partial charge in [0.15, 0.2) is 0 Å². The summed E-state index contributed by atoms with van der Waals surface area (Å²) in [5.41, 5.74) is 1.57. The number of nitrogens with zero attached hydrogens (tertiary/aromatic N) is 2. The molecule has 150 valence electrons. The Morgan fingerprint density at radius 3 is 2.93 bits per heavy atom. The van der Waals surface area contributed by atoms with E-state index >= 15 is 0 Å². The van der Waals surface area contributed by atoms with Gasteiger partial charge in [-0.15, -0.1) is 6.42 Å². The van der Waals surface area contributed by atoms with Crippen LogP contribution in [-0.4, -0.2) is 53.3 Å². The Morgan fingerprint density at radius 2 is 2.21 bits per heavy atom. The number of carbonyl (C=O) groups is 3. The lowest BCUT2D eigenvalue weighted by molar-refractivity contribution is -0.122. The third kappa shape index (κ3) is 4.72. The van der Waals surface area contributed by atoms with Crippen LogP contribution < -0.4 is 5.32 Å². The molecular formula is C20H18BrN3O4S. The zero-order chi connectivity index (χ0) is 21.0. The Labute approximate surface area is 180 Å². The molecule has 2 heterocycles. The predicted molar refractivity (Wildman–Crippen MR) is 116 cm³/mol. The zero-order valence-corrected chi connectivity index (χ0v) is 18.0. The van der Waals surface area contributed by atoms with Crippen LogP contribution in [0.5, 0.6) is 0 Å². The number of aromatic nitrogens is 1. The first-order chi connectivity index (χ1) is 13.9. The van der Waals surface area contributed by atoms with Crippen molar-refractivity contribution in [1.29, 1.82) is 0 Å². The van der Waals surface area contributed by atoms with Crippen LogP contribution in [0.3, 0.4) is 0 Å². The van der Waals surface area contributed by atoms with Crippen molar-refractivity contribution in [3.05, 3.63) is 39.3 Å². The van der Waals surface area contributed by atoms with Gasteiger partial charge in [-0.3, -0.25) is 19.3 Å². The van der Waals surface area contributed by atoms with E-state index in [4.69, 9.17) is 11.2 Å². The monoisotopic (exact) mass is 475 g/mol. The maximum atomic E-state index is 12.5. The second-order valence-electron chi connectivity index (χ2n) is 6.19. The minimum Gasteiger partial charge on any atom is -0.383 e. The second-order valence-corrected chi connectivity index (χ2v) is 8.10. The number of nitrogens with one attached hydrogen (secondary N) is 1.